The maximum Gasteiger partial charge on any atom is 0.418 e. The van der Waals surface area contributed by atoms with Crippen molar-refractivity contribution < 1.29 is 18.3 Å². The van der Waals surface area contributed by atoms with Crippen molar-refractivity contribution in [2.24, 2.45) is 0 Å². The fourth-order valence-electron chi connectivity index (χ4n) is 1.03. The lowest BCUT2D eigenvalue weighted by atomic mass is 10.1. The predicted molar refractivity (Wildman–Crippen MR) is 53.5 cm³/mol. The molecule has 1 nitrogen and oxygen atoms in total. The maximum atomic E-state index is 12.0. The van der Waals surface area contributed by atoms with E-state index in [0.29, 0.717) is 5.56 Å². The van der Waals surface area contributed by atoms with E-state index in [9.17, 15) is 13.2 Å². The number of hydrogen-bond donors (Lipinski definition) is 1. The molecule has 0 amide bonds. The number of aliphatic hydroxyl groups is 1. The summed E-state index contributed by atoms with van der Waals surface area (Å²) in [5.74, 6) is 0. The molecule has 86 valence electrons. The molecule has 0 saturated heterocycles. The summed E-state index contributed by atoms with van der Waals surface area (Å²) in [7, 11) is 0. The molecule has 0 spiro atoms. The summed E-state index contributed by atoms with van der Waals surface area (Å²) >= 11 is 0. The zero-order chi connectivity index (χ0) is 12.1. The van der Waals surface area contributed by atoms with Gasteiger partial charge in [0.1, 0.15) is 0 Å². The van der Waals surface area contributed by atoms with Crippen LogP contribution >= 0.6 is 0 Å². The highest BCUT2D eigenvalue weighted by Gasteiger charge is 2.39. The monoisotopic (exact) mass is 220 g/mol. The minimum atomic E-state index is -4.59. The molecule has 0 heterocycles. The van der Waals surface area contributed by atoms with Crippen molar-refractivity contribution >= 4 is 0 Å². The number of benzene rings is 1. The lowest BCUT2D eigenvalue weighted by molar-refractivity contribution is -0.206. The highest BCUT2D eigenvalue weighted by Crippen LogP contribution is 2.32. The summed E-state index contributed by atoms with van der Waals surface area (Å²) in [6, 6.07) is 5.73. The van der Waals surface area contributed by atoms with Crippen molar-refractivity contribution in [1.82, 2.24) is 0 Å². The molecule has 0 aliphatic heterocycles. The molecule has 1 aromatic rings. The Morgan fingerprint density at radius 1 is 1.20 bits per heavy atom. The smallest absolute Gasteiger partial charge is 0.379 e. The predicted octanol–water partition coefficient (Wildman–Crippen LogP) is 3.62. The molecule has 1 atom stereocenters. The first-order valence-electron chi connectivity index (χ1n) is 4.72. The molecule has 4 heteroatoms. The molecule has 1 N–H and O–H groups in total. The first kappa shape index (κ1) is 14.0. The highest BCUT2D eigenvalue weighted by atomic mass is 19.4. The summed E-state index contributed by atoms with van der Waals surface area (Å²) in [6.07, 6.45) is -6.97. The Kier molecular flexibility index (Phi) is 5.36. The van der Waals surface area contributed by atoms with Crippen LogP contribution in [0.4, 0.5) is 13.2 Å². The number of hydrogen-bond acceptors (Lipinski definition) is 1. The van der Waals surface area contributed by atoms with E-state index in [4.69, 9.17) is 5.11 Å². The van der Waals surface area contributed by atoms with Crippen LogP contribution in [0.25, 0.3) is 0 Å². The van der Waals surface area contributed by atoms with Crippen molar-refractivity contribution in [1.29, 1.82) is 0 Å². The van der Waals surface area contributed by atoms with Gasteiger partial charge in [0.25, 0.3) is 0 Å². The Morgan fingerprint density at radius 2 is 1.73 bits per heavy atom. The third-order valence-electron chi connectivity index (χ3n) is 1.67. The number of rotatable bonds is 1. The van der Waals surface area contributed by atoms with Crippen LogP contribution in [0.15, 0.2) is 24.3 Å². The number of aryl methyl sites for hydroxylation is 1. The van der Waals surface area contributed by atoms with Crippen LogP contribution < -0.4 is 0 Å². The normalized spacial score (nSPS) is 12.7. The van der Waals surface area contributed by atoms with E-state index in [0.717, 1.165) is 0 Å². The van der Waals surface area contributed by atoms with Gasteiger partial charge in [0.15, 0.2) is 6.10 Å². The number of alkyl halides is 3. The minimum absolute atomic E-state index is 0.118. The van der Waals surface area contributed by atoms with Crippen LogP contribution in [0.5, 0.6) is 0 Å². The van der Waals surface area contributed by atoms with Gasteiger partial charge < -0.3 is 5.11 Å². The van der Waals surface area contributed by atoms with Crippen molar-refractivity contribution in [3.05, 3.63) is 35.4 Å². The molecule has 15 heavy (non-hydrogen) atoms. The van der Waals surface area contributed by atoms with Gasteiger partial charge in [-0.05, 0) is 12.5 Å². The Morgan fingerprint density at radius 3 is 2.13 bits per heavy atom. The Labute approximate surface area is 87.6 Å². The van der Waals surface area contributed by atoms with Crippen molar-refractivity contribution in [3.8, 4) is 0 Å². The standard InChI is InChI=1S/C9H9F3O.C2H6/c1-6-3-2-4-7(5-6)8(13)9(10,11)12;1-2/h2-5,8,13H,1H3;1-2H3. The lowest BCUT2D eigenvalue weighted by Gasteiger charge is -2.14. The van der Waals surface area contributed by atoms with Gasteiger partial charge in [-0.15, -0.1) is 0 Å². The summed E-state index contributed by atoms with van der Waals surface area (Å²) in [6.45, 7) is 5.67. The zero-order valence-electron chi connectivity index (χ0n) is 8.97. The maximum absolute atomic E-state index is 12.0. The van der Waals surface area contributed by atoms with Crippen LogP contribution in [0.3, 0.4) is 0 Å². The molecule has 1 aromatic carbocycles. The first-order chi connectivity index (χ1) is 6.91. The fourth-order valence-corrected chi connectivity index (χ4v) is 1.03. The molecule has 1 unspecified atom stereocenters. The average molecular weight is 220 g/mol. The SMILES string of the molecule is CC.Cc1cccc(C(O)C(F)(F)F)c1. The van der Waals surface area contributed by atoms with Crippen LogP contribution in [0.2, 0.25) is 0 Å². The van der Waals surface area contributed by atoms with Gasteiger partial charge in [0.05, 0.1) is 0 Å². The molecule has 0 saturated carbocycles. The van der Waals surface area contributed by atoms with Gasteiger partial charge in [-0.2, -0.15) is 13.2 Å². The van der Waals surface area contributed by atoms with Crippen LogP contribution in [-0.4, -0.2) is 11.3 Å². The topological polar surface area (TPSA) is 20.2 Å². The summed E-state index contributed by atoms with van der Waals surface area (Å²) < 4.78 is 36.0. The molecule has 1 rings (SSSR count). The first-order valence-corrected chi connectivity index (χ1v) is 4.72. The largest absolute Gasteiger partial charge is 0.418 e. The molecular formula is C11H15F3O. The molecule has 0 aromatic heterocycles. The van der Waals surface area contributed by atoms with Crippen molar-refractivity contribution in [3.63, 3.8) is 0 Å². The van der Waals surface area contributed by atoms with Crippen molar-refractivity contribution in [2.45, 2.75) is 33.1 Å². The van der Waals surface area contributed by atoms with Gasteiger partial charge >= 0.3 is 6.18 Å². The fraction of sp³-hybridized carbons (Fsp3) is 0.455. The van der Waals surface area contributed by atoms with E-state index < -0.39 is 12.3 Å². The lowest BCUT2D eigenvalue weighted by Crippen LogP contribution is -2.20. The minimum Gasteiger partial charge on any atom is -0.379 e. The molecule has 0 aliphatic carbocycles. The second-order valence-corrected chi connectivity index (χ2v) is 2.86. The molecule has 0 aliphatic rings. The van der Waals surface area contributed by atoms with E-state index in [-0.39, 0.29) is 5.56 Å². The van der Waals surface area contributed by atoms with E-state index in [1.807, 2.05) is 13.8 Å². The third-order valence-corrected chi connectivity index (χ3v) is 1.67. The van der Waals surface area contributed by atoms with Gasteiger partial charge in [0, 0.05) is 0 Å². The highest BCUT2D eigenvalue weighted by molar-refractivity contribution is 5.24. The van der Waals surface area contributed by atoms with Gasteiger partial charge in [-0.1, -0.05) is 43.7 Å². The third kappa shape index (κ3) is 4.34. The second kappa shape index (κ2) is 5.75. The van der Waals surface area contributed by atoms with Crippen LogP contribution in [0, 0.1) is 6.92 Å². The van der Waals surface area contributed by atoms with Crippen LogP contribution in [0.1, 0.15) is 31.1 Å². The van der Waals surface area contributed by atoms with E-state index in [2.05, 4.69) is 0 Å². The molecular weight excluding hydrogens is 205 g/mol. The van der Waals surface area contributed by atoms with Gasteiger partial charge in [0.2, 0.25) is 0 Å². The Bertz CT molecular complexity index is 294. The second-order valence-electron chi connectivity index (χ2n) is 2.86. The quantitative estimate of drug-likeness (QED) is 0.766. The number of halogens is 3. The Balaban J connectivity index is 0.000000921. The molecule has 0 radical (unpaired) electrons. The van der Waals surface area contributed by atoms with Gasteiger partial charge in [-0.25, -0.2) is 0 Å². The molecule has 0 bridgehead atoms. The molecule has 0 fully saturated rings. The van der Waals surface area contributed by atoms with Gasteiger partial charge in [-0.3, -0.25) is 0 Å². The average Bonchev–Trinajstić information content (AvgIpc) is 2.18. The zero-order valence-corrected chi connectivity index (χ0v) is 8.97. The van der Waals surface area contributed by atoms with E-state index >= 15 is 0 Å². The van der Waals surface area contributed by atoms with E-state index in [1.165, 1.54) is 18.2 Å². The van der Waals surface area contributed by atoms with Crippen LogP contribution in [-0.2, 0) is 0 Å². The van der Waals surface area contributed by atoms with E-state index in [1.54, 1.807) is 13.0 Å². The van der Waals surface area contributed by atoms with Crippen molar-refractivity contribution in [2.75, 3.05) is 0 Å². The Hall–Kier alpha value is -1.03. The summed E-state index contributed by atoms with van der Waals surface area (Å²) in [5, 5.41) is 8.86. The summed E-state index contributed by atoms with van der Waals surface area (Å²) in [5.41, 5.74) is 0.577. The number of aliphatic hydroxyl groups excluding tert-OH is 1. The summed E-state index contributed by atoms with van der Waals surface area (Å²) in [4.78, 5) is 0.